The summed E-state index contributed by atoms with van der Waals surface area (Å²) in [5.41, 5.74) is 2.05. The highest BCUT2D eigenvalue weighted by Gasteiger charge is 2.25. The van der Waals surface area contributed by atoms with Gasteiger partial charge < -0.3 is 14.5 Å². The Morgan fingerprint density at radius 2 is 1.69 bits per heavy atom. The van der Waals surface area contributed by atoms with Gasteiger partial charge in [-0.25, -0.2) is 9.97 Å². The lowest BCUT2D eigenvalue weighted by molar-refractivity contribution is -0.133. The number of nitrogens with zero attached hydrogens (tertiary/aromatic N) is 7. The summed E-state index contributed by atoms with van der Waals surface area (Å²) in [4.78, 5) is 25.6. The summed E-state index contributed by atoms with van der Waals surface area (Å²) in [7, 11) is 0. The van der Waals surface area contributed by atoms with Crippen molar-refractivity contribution in [3.63, 3.8) is 0 Å². The molecule has 9 nitrogen and oxygen atoms in total. The molecule has 3 heterocycles. The predicted octanol–water partition coefficient (Wildman–Crippen LogP) is 3.74. The molecule has 0 unspecified atom stereocenters. The Bertz CT molecular complexity index is 1550. The van der Waals surface area contributed by atoms with Crippen molar-refractivity contribution in [2.75, 3.05) is 37.7 Å². The van der Waals surface area contributed by atoms with Crippen molar-refractivity contribution < 1.29 is 9.53 Å². The zero-order valence-electron chi connectivity index (χ0n) is 19.3. The molecule has 5 aromatic rings. The summed E-state index contributed by atoms with van der Waals surface area (Å²) in [5, 5.41) is 11.5. The number of carbonyl (C=O) groups excluding carboxylic acids is 1. The largest absolute Gasteiger partial charge is 0.484 e. The topological polar surface area (TPSA) is 89.3 Å². The molecule has 0 saturated carbocycles. The van der Waals surface area contributed by atoms with Gasteiger partial charge in [-0.15, -0.1) is 5.10 Å². The monoisotopic (exact) mass is 499 g/mol. The van der Waals surface area contributed by atoms with E-state index in [0.717, 1.165) is 16.5 Å². The molecule has 0 aliphatic carbocycles. The van der Waals surface area contributed by atoms with Gasteiger partial charge in [0, 0.05) is 31.2 Å². The van der Waals surface area contributed by atoms with E-state index >= 15 is 0 Å². The second-order valence-corrected chi connectivity index (χ2v) is 8.95. The molecule has 1 amide bonds. The second kappa shape index (κ2) is 9.43. The van der Waals surface area contributed by atoms with Crippen molar-refractivity contribution >= 4 is 45.3 Å². The molecule has 3 aromatic carbocycles. The molecule has 1 fully saturated rings. The van der Waals surface area contributed by atoms with E-state index in [2.05, 4.69) is 25.2 Å². The van der Waals surface area contributed by atoms with Crippen LogP contribution in [0.5, 0.6) is 5.75 Å². The maximum absolute atomic E-state index is 12.8. The number of halogens is 1. The van der Waals surface area contributed by atoms with Crippen LogP contribution in [0.15, 0.2) is 73.1 Å². The summed E-state index contributed by atoms with van der Waals surface area (Å²) in [6.07, 6.45) is 1.52. The zero-order chi connectivity index (χ0) is 24.5. The summed E-state index contributed by atoms with van der Waals surface area (Å²) in [5.74, 6) is 1.36. The van der Waals surface area contributed by atoms with Crippen LogP contribution in [0.2, 0.25) is 5.02 Å². The van der Waals surface area contributed by atoms with Gasteiger partial charge >= 0.3 is 0 Å². The van der Waals surface area contributed by atoms with Crippen molar-refractivity contribution in [1.82, 2.24) is 29.9 Å². The van der Waals surface area contributed by atoms with Gasteiger partial charge in [-0.1, -0.05) is 47.1 Å². The molecule has 6 rings (SSSR count). The number of anilines is 1. The van der Waals surface area contributed by atoms with Gasteiger partial charge in [-0.2, -0.15) is 4.68 Å². The van der Waals surface area contributed by atoms with Gasteiger partial charge in [-0.05, 0) is 47.2 Å². The van der Waals surface area contributed by atoms with E-state index in [0.29, 0.717) is 53.9 Å². The standard InChI is InChI=1S/C26H22ClN7O2/c27-20-6-8-21(9-7-20)34-26-24(30-31-34)25(28-17-29-26)33-13-11-32(12-14-33)23(35)16-36-22-10-5-18-3-1-2-4-19(18)15-22/h1-10,15,17H,11-14,16H2. The molecule has 36 heavy (non-hydrogen) atoms. The third-order valence-electron chi connectivity index (χ3n) is 6.30. The van der Waals surface area contributed by atoms with Crippen molar-refractivity contribution in [3.05, 3.63) is 78.1 Å². The molecule has 0 spiro atoms. The van der Waals surface area contributed by atoms with Gasteiger partial charge in [0.25, 0.3) is 5.91 Å². The maximum Gasteiger partial charge on any atom is 0.260 e. The van der Waals surface area contributed by atoms with Gasteiger partial charge in [0.15, 0.2) is 23.6 Å². The average Bonchev–Trinajstić information content (AvgIpc) is 3.36. The van der Waals surface area contributed by atoms with Crippen LogP contribution in [0.25, 0.3) is 27.6 Å². The molecule has 2 aromatic heterocycles. The minimum Gasteiger partial charge on any atom is -0.484 e. The number of hydrogen-bond acceptors (Lipinski definition) is 7. The number of amides is 1. The molecule has 1 aliphatic heterocycles. The Balaban J connectivity index is 1.11. The van der Waals surface area contributed by atoms with Crippen LogP contribution in [-0.4, -0.2) is 68.6 Å². The highest BCUT2D eigenvalue weighted by Crippen LogP contribution is 2.24. The molecule has 0 radical (unpaired) electrons. The van der Waals surface area contributed by atoms with Crippen LogP contribution in [-0.2, 0) is 4.79 Å². The third kappa shape index (κ3) is 4.29. The Morgan fingerprint density at radius 1 is 0.917 bits per heavy atom. The number of fused-ring (bicyclic) bond motifs is 2. The predicted molar refractivity (Wildman–Crippen MR) is 138 cm³/mol. The Morgan fingerprint density at radius 3 is 2.50 bits per heavy atom. The Kier molecular flexibility index (Phi) is 5.82. The Labute approximate surface area is 211 Å². The summed E-state index contributed by atoms with van der Waals surface area (Å²) >= 11 is 6.01. The first-order valence-corrected chi connectivity index (χ1v) is 12.0. The van der Waals surface area contributed by atoms with E-state index in [1.807, 2.05) is 59.5 Å². The third-order valence-corrected chi connectivity index (χ3v) is 6.56. The number of aromatic nitrogens is 5. The van der Waals surface area contributed by atoms with Crippen molar-refractivity contribution in [3.8, 4) is 11.4 Å². The number of carbonyl (C=O) groups is 1. The fourth-order valence-electron chi connectivity index (χ4n) is 4.39. The van der Waals surface area contributed by atoms with Crippen molar-refractivity contribution in [1.29, 1.82) is 0 Å². The van der Waals surface area contributed by atoms with Gasteiger partial charge in [-0.3, -0.25) is 4.79 Å². The molecule has 0 atom stereocenters. The lowest BCUT2D eigenvalue weighted by atomic mass is 10.1. The van der Waals surface area contributed by atoms with Crippen LogP contribution in [0, 0.1) is 0 Å². The number of rotatable bonds is 5. The normalized spacial score (nSPS) is 13.9. The van der Waals surface area contributed by atoms with Crippen molar-refractivity contribution in [2.45, 2.75) is 0 Å². The first-order chi connectivity index (χ1) is 17.7. The van der Waals surface area contributed by atoms with E-state index in [9.17, 15) is 4.79 Å². The highest BCUT2D eigenvalue weighted by molar-refractivity contribution is 6.30. The number of ether oxygens (including phenoxy) is 1. The zero-order valence-corrected chi connectivity index (χ0v) is 20.0. The molecule has 10 heteroatoms. The number of benzene rings is 3. The SMILES string of the molecule is O=C(COc1ccc2ccccc2c1)N1CCN(c2ncnc3c2nnn3-c2ccc(Cl)cc2)CC1. The van der Waals surface area contributed by atoms with Crippen LogP contribution in [0.1, 0.15) is 0 Å². The first kappa shape index (κ1) is 22.2. The Hall–Kier alpha value is -4.24. The fourth-order valence-corrected chi connectivity index (χ4v) is 4.51. The van der Waals surface area contributed by atoms with Gasteiger partial charge in [0.2, 0.25) is 0 Å². The lowest BCUT2D eigenvalue weighted by Gasteiger charge is -2.35. The molecule has 0 bridgehead atoms. The summed E-state index contributed by atoms with van der Waals surface area (Å²) in [6.45, 7) is 2.39. The van der Waals surface area contributed by atoms with E-state index in [-0.39, 0.29) is 12.5 Å². The van der Waals surface area contributed by atoms with Gasteiger partial charge in [0.1, 0.15) is 12.1 Å². The van der Waals surface area contributed by atoms with Crippen LogP contribution < -0.4 is 9.64 Å². The van der Waals surface area contributed by atoms with Crippen LogP contribution >= 0.6 is 11.6 Å². The number of hydrogen-bond donors (Lipinski definition) is 0. The molecule has 1 saturated heterocycles. The minimum absolute atomic E-state index is 0.00547. The van der Waals surface area contributed by atoms with Crippen LogP contribution in [0.3, 0.4) is 0 Å². The fraction of sp³-hybridized carbons (Fsp3) is 0.192. The lowest BCUT2D eigenvalue weighted by Crippen LogP contribution is -2.50. The van der Waals surface area contributed by atoms with E-state index in [4.69, 9.17) is 16.3 Å². The number of piperazine rings is 1. The quantitative estimate of drug-likeness (QED) is 0.364. The smallest absolute Gasteiger partial charge is 0.260 e. The van der Waals surface area contributed by atoms with E-state index in [1.165, 1.54) is 6.33 Å². The molecular formula is C26H22ClN7O2. The maximum atomic E-state index is 12.8. The van der Waals surface area contributed by atoms with E-state index < -0.39 is 0 Å². The average molecular weight is 500 g/mol. The molecule has 180 valence electrons. The molecular weight excluding hydrogens is 478 g/mol. The summed E-state index contributed by atoms with van der Waals surface area (Å²) in [6, 6.07) is 21.2. The first-order valence-electron chi connectivity index (χ1n) is 11.6. The van der Waals surface area contributed by atoms with Crippen LogP contribution in [0.4, 0.5) is 5.82 Å². The van der Waals surface area contributed by atoms with E-state index in [1.54, 1.807) is 16.8 Å². The molecule has 0 N–H and O–H groups in total. The minimum atomic E-state index is -0.0377. The highest BCUT2D eigenvalue weighted by atomic mass is 35.5. The summed E-state index contributed by atoms with van der Waals surface area (Å²) < 4.78 is 7.46. The van der Waals surface area contributed by atoms with Crippen molar-refractivity contribution in [2.24, 2.45) is 0 Å². The molecule has 1 aliphatic rings. The second-order valence-electron chi connectivity index (χ2n) is 8.51. The van der Waals surface area contributed by atoms with Gasteiger partial charge in [0.05, 0.1) is 5.69 Å².